The molecule has 8 nitrogen and oxygen atoms in total. The highest BCUT2D eigenvalue weighted by molar-refractivity contribution is 5.66. The molecule has 0 amide bonds. The lowest BCUT2D eigenvalue weighted by atomic mass is 10.00. The van der Waals surface area contributed by atoms with Crippen LogP contribution in [0.2, 0.25) is 0 Å². The highest BCUT2D eigenvalue weighted by Crippen LogP contribution is 2.35. The molecule has 0 bridgehead atoms. The van der Waals surface area contributed by atoms with Crippen LogP contribution >= 0.6 is 0 Å². The van der Waals surface area contributed by atoms with E-state index >= 15 is 0 Å². The number of aliphatic hydroxyl groups is 1. The maximum atomic E-state index is 11.7. The van der Waals surface area contributed by atoms with Gasteiger partial charge in [-0.2, -0.15) is 5.26 Å². The van der Waals surface area contributed by atoms with Crippen LogP contribution in [0.1, 0.15) is 77.6 Å². The van der Waals surface area contributed by atoms with Crippen LogP contribution < -0.4 is 0 Å². The molecule has 7 atom stereocenters. The summed E-state index contributed by atoms with van der Waals surface area (Å²) in [5.41, 5.74) is 0. The number of aliphatic hydroxyl groups excluding tert-OH is 1. The molecule has 2 heterocycles. The summed E-state index contributed by atoms with van der Waals surface area (Å²) in [6.07, 6.45) is 10.7. The van der Waals surface area contributed by atoms with E-state index < -0.39 is 18.2 Å². The Hall–Kier alpha value is -1.50. The average Bonchev–Trinajstić information content (AvgIpc) is 3.09. The molecule has 33 heavy (non-hydrogen) atoms. The molecule has 1 saturated carbocycles. The monoisotopic (exact) mass is 465 g/mol. The van der Waals surface area contributed by atoms with Crippen molar-refractivity contribution in [2.75, 3.05) is 13.2 Å². The fourth-order valence-electron chi connectivity index (χ4n) is 4.76. The SMILES string of the molecule is CC(=O)OC1C(O)CC(OC2CCCCO2)C1C=CC(CCCCC#N)OC1CCCCO1. The third-order valence-electron chi connectivity index (χ3n) is 6.47. The number of hydrogen-bond donors (Lipinski definition) is 1. The van der Waals surface area contributed by atoms with Gasteiger partial charge in [0, 0.05) is 38.9 Å². The Kier molecular flexibility index (Phi) is 11.1. The molecule has 2 aliphatic heterocycles. The molecular formula is C25H39NO7. The summed E-state index contributed by atoms with van der Waals surface area (Å²) in [6.45, 7) is 2.73. The first-order valence-electron chi connectivity index (χ1n) is 12.5. The number of unbranched alkanes of at least 4 members (excludes halogenated alkanes) is 2. The van der Waals surface area contributed by atoms with Crippen LogP contribution in [-0.4, -0.2) is 61.3 Å². The van der Waals surface area contributed by atoms with Crippen molar-refractivity contribution in [1.29, 1.82) is 5.26 Å². The van der Waals surface area contributed by atoms with Crippen LogP contribution in [0.15, 0.2) is 12.2 Å². The molecule has 8 heteroatoms. The lowest BCUT2D eigenvalue weighted by molar-refractivity contribution is -0.194. The zero-order valence-corrected chi connectivity index (χ0v) is 19.7. The van der Waals surface area contributed by atoms with Gasteiger partial charge in [0.15, 0.2) is 12.6 Å². The fourth-order valence-corrected chi connectivity index (χ4v) is 4.76. The first-order chi connectivity index (χ1) is 16.1. The predicted octanol–water partition coefficient (Wildman–Crippen LogP) is 3.76. The van der Waals surface area contributed by atoms with Crippen molar-refractivity contribution in [3.05, 3.63) is 12.2 Å². The number of nitrogens with zero attached hydrogens (tertiary/aromatic N) is 1. The Balaban J connectivity index is 1.69. The van der Waals surface area contributed by atoms with Gasteiger partial charge in [-0.15, -0.1) is 0 Å². The molecule has 2 saturated heterocycles. The van der Waals surface area contributed by atoms with E-state index in [1.807, 2.05) is 12.2 Å². The third kappa shape index (κ3) is 8.66. The normalized spacial score (nSPS) is 33.6. The number of carbonyl (C=O) groups is 1. The second-order valence-corrected chi connectivity index (χ2v) is 9.18. The van der Waals surface area contributed by atoms with Crippen molar-refractivity contribution in [3.8, 4) is 6.07 Å². The molecule has 0 radical (unpaired) electrons. The van der Waals surface area contributed by atoms with Crippen molar-refractivity contribution in [1.82, 2.24) is 0 Å². The topological polar surface area (TPSA) is 107 Å². The lowest BCUT2D eigenvalue weighted by Gasteiger charge is -2.29. The van der Waals surface area contributed by atoms with Gasteiger partial charge in [0.1, 0.15) is 6.10 Å². The van der Waals surface area contributed by atoms with E-state index in [-0.39, 0.29) is 30.7 Å². The minimum atomic E-state index is -0.797. The van der Waals surface area contributed by atoms with Gasteiger partial charge in [-0.05, 0) is 57.8 Å². The van der Waals surface area contributed by atoms with Crippen LogP contribution in [0.3, 0.4) is 0 Å². The molecule has 3 fully saturated rings. The largest absolute Gasteiger partial charge is 0.459 e. The van der Waals surface area contributed by atoms with E-state index in [2.05, 4.69) is 6.07 Å². The maximum Gasteiger partial charge on any atom is 0.303 e. The summed E-state index contributed by atoms with van der Waals surface area (Å²) in [5.74, 6) is -0.723. The number of carbonyl (C=O) groups excluding carboxylic acids is 1. The molecule has 0 aromatic rings. The van der Waals surface area contributed by atoms with Gasteiger partial charge in [0.05, 0.1) is 24.4 Å². The van der Waals surface area contributed by atoms with Gasteiger partial charge in [0.25, 0.3) is 0 Å². The molecule has 3 aliphatic rings. The van der Waals surface area contributed by atoms with Crippen molar-refractivity contribution < 1.29 is 33.6 Å². The summed E-state index contributed by atoms with van der Waals surface area (Å²) < 4.78 is 29.4. The molecule has 186 valence electrons. The van der Waals surface area contributed by atoms with Gasteiger partial charge < -0.3 is 28.8 Å². The third-order valence-corrected chi connectivity index (χ3v) is 6.47. The molecular weight excluding hydrogens is 426 g/mol. The zero-order valence-electron chi connectivity index (χ0n) is 19.7. The van der Waals surface area contributed by atoms with Crippen LogP contribution in [0, 0.1) is 17.2 Å². The highest BCUT2D eigenvalue weighted by Gasteiger charge is 2.45. The molecule has 7 unspecified atom stereocenters. The summed E-state index contributed by atoms with van der Waals surface area (Å²) in [6, 6.07) is 2.18. The van der Waals surface area contributed by atoms with Gasteiger partial charge in [0.2, 0.25) is 0 Å². The fraction of sp³-hybridized carbons (Fsp3) is 0.840. The van der Waals surface area contributed by atoms with E-state index in [0.29, 0.717) is 26.1 Å². The van der Waals surface area contributed by atoms with E-state index in [1.165, 1.54) is 6.92 Å². The van der Waals surface area contributed by atoms with Crippen LogP contribution in [0.25, 0.3) is 0 Å². The smallest absolute Gasteiger partial charge is 0.303 e. The number of nitriles is 1. The molecule has 0 aromatic heterocycles. The van der Waals surface area contributed by atoms with E-state index in [1.54, 1.807) is 0 Å². The summed E-state index contributed by atoms with van der Waals surface area (Å²) >= 11 is 0. The minimum Gasteiger partial charge on any atom is -0.459 e. The Bertz CT molecular complexity index is 652. The molecule has 1 aliphatic carbocycles. The van der Waals surface area contributed by atoms with E-state index in [4.69, 9.17) is 28.9 Å². The summed E-state index contributed by atoms with van der Waals surface area (Å²) in [7, 11) is 0. The maximum absolute atomic E-state index is 11.7. The van der Waals surface area contributed by atoms with Crippen LogP contribution in [-0.2, 0) is 28.5 Å². The van der Waals surface area contributed by atoms with Crippen molar-refractivity contribution in [3.63, 3.8) is 0 Å². The quantitative estimate of drug-likeness (QED) is 0.279. The van der Waals surface area contributed by atoms with Gasteiger partial charge in [-0.1, -0.05) is 12.2 Å². The Morgan fingerprint density at radius 2 is 1.88 bits per heavy atom. The second-order valence-electron chi connectivity index (χ2n) is 9.18. The lowest BCUT2D eigenvalue weighted by Crippen LogP contribution is -2.34. The predicted molar refractivity (Wildman–Crippen MR) is 120 cm³/mol. The Labute approximate surface area is 197 Å². The number of esters is 1. The average molecular weight is 466 g/mol. The first kappa shape index (κ1) is 26.1. The van der Waals surface area contributed by atoms with Gasteiger partial charge in [-0.25, -0.2) is 0 Å². The van der Waals surface area contributed by atoms with E-state index in [0.717, 1.165) is 57.8 Å². The molecule has 0 aromatic carbocycles. The van der Waals surface area contributed by atoms with Gasteiger partial charge >= 0.3 is 5.97 Å². The molecule has 0 spiro atoms. The molecule has 1 N–H and O–H groups in total. The number of hydrogen-bond acceptors (Lipinski definition) is 8. The first-order valence-corrected chi connectivity index (χ1v) is 12.5. The standard InChI is InChI=1S/C25H39NO7/c1-18(27)31-25-20(22(17-21(25)28)33-24-11-5-8-16-30-24)13-12-19(9-3-2-6-14-26)32-23-10-4-7-15-29-23/h12-13,19-25,28H,2-11,15-17H2,1H3. The van der Waals surface area contributed by atoms with Crippen LogP contribution in [0.4, 0.5) is 0 Å². The van der Waals surface area contributed by atoms with Crippen LogP contribution in [0.5, 0.6) is 0 Å². The highest BCUT2D eigenvalue weighted by atomic mass is 16.7. The summed E-state index contributed by atoms with van der Waals surface area (Å²) in [5, 5.41) is 19.4. The minimum absolute atomic E-state index is 0.186. The Morgan fingerprint density at radius 1 is 1.15 bits per heavy atom. The van der Waals surface area contributed by atoms with Crippen molar-refractivity contribution in [2.24, 2.45) is 5.92 Å². The van der Waals surface area contributed by atoms with Gasteiger partial charge in [-0.3, -0.25) is 4.79 Å². The van der Waals surface area contributed by atoms with Crippen molar-refractivity contribution >= 4 is 5.97 Å². The van der Waals surface area contributed by atoms with E-state index in [9.17, 15) is 9.90 Å². The number of ether oxygens (including phenoxy) is 5. The summed E-state index contributed by atoms with van der Waals surface area (Å²) in [4.78, 5) is 11.7. The van der Waals surface area contributed by atoms with Crippen molar-refractivity contribution in [2.45, 2.75) is 115 Å². The Morgan fingerprint density at radius 3 is 2.52 bits per heavy atom. The zero-order chi connectivity index (χ0) is 23.5. The number of rotatable bonds is 11. The molecule has 3 rings (SSSR count). The second kappa shape index (κ2) is 14.0.